The van der Waals surface area contributed by atoms with Crippen LogP contribution >= 0.6 is 11.3 Å². The average Bonchev–Trinajstić information content (AvgIpc) is 2.52. The molecule has 1 rings (SSSR count). The van der Waals surface area contributed by atoms with Crippen LogP contribution in [0.25, 0.3) is 6.08 Å². The summed E-state index contributed by atoms with van der Waals surface area (Å²) in [6, 6.07) is 3.76. The lowest BCUT2D eigenvalue weighted by Crippen LogP contribution is -1.90. The summed E-state index contributed by atoms with van der Waals surface area (Å²) in [6.07, 6.45) is 3.18. The summed E-state index contributed by atoms with van der Waals surface area (Å²) >= 11 is 1.52. The van der Waals surface area contributed by atoms with Crippen molar-refractivity contribution in [3.63, 3.8) is 0 Å². The van der Waals surface area contributed by atoms with E-state index in [1.54, 1.807) is 6.08 Å². The molecule has 0 aliphatic carbocycles. The first kappa shape index (κ1) is 7.88. The van der Waals surface area contributed by atoms with Gasteiger partial charge in [0.2, 0.25) is 5.78 Å². The quantitative estimate of drug-likeness (QED) is 0.387. The molecular weight excluding hydrogens is 160 g/mol. The highest BCUT2D eigenvalue weighted by atomic mass is 32.1. The van der Waals surface area contributed by atoms with Gasteiger partial charge in [-0.15, -0.1) is 11.3 Å². The number of aldehydes is 1. The molecule has 1 heterocycles. The fourth-order valence-corrected chi connectivity index (χ4v) is 1.21. The zero-order valence-electron chi connectivity index (χ0n) is 5.69. The van der Waals surface area contributed by atoms with Crippen molar-refractivity contribution in [2.75, 3.05) is 0 Å². The van der Waals surface area contributed by atoms with Gasteiger partial charge in [0.1, 0.15) is 0 Å². The fraction of sp³-hybridized carbons (Fsp3) is 0. The van der Waals surface area contributed by atoms with E-state index in [0.29, 0.717) is 6.29 Å². The van der Waals surface area contributed by atoms with E-state index in [9.17, 15) is 9.59 Å². The van der Waals surface area contributed by atoms with E-state index in [-0.39, 0.29) is 0 Å². The molecule has 1 aromatic rings. The molecule has 0 radical (unpaired) electrons. The monoisotopic (exact) mass is 166 g/mol. The van der Waals surface area contributed by atoms with Crippen molar-refractivity contribution in [3.8, 4) is 0 Å². The van der Waals surface area contributed by atoms with Crippen molar-refractivity contribution in [2.24, 2.45) is 0 Å². The summed E-state index contributed by atoms with van der Waals surface area (Å²) in [5, 5.41) is 1.91. The van der Waals surface area contributed by atoms with Gasteiger partial charge in [0.25, 0.3) is 0 Å². The van der Waals surface area contributed by atoms with Crippen LogP contribution < -0.4 is 0 Å². The van der Waals surface area contributed by atoms with Crippen molar-refractivity contribution in [3.05, 3.63) is 28.5 Å². The summed E-state index contributed by atoms with van der Waals surface area (Å²) < 4.78 is 0. The van der Waals surface area contributed by atoms with Crippen LogP contribution in [0.2, 0.25) is 0 Å². The second-order valence-electron chi connectivity index (χ2n) is 1.87. The maximum absolute atomic E-state index is 10.5. The first-order valence-corrected chi connectivity index (χ1v) is 3.91. The molecule has 0 spiro atoms. The predicted octanol–water partition coefficient (Wildman–Crippen LogP) is 1.53. The molecule has 0 atom stereocenters. The molecule has 0 unspecified atom stereocenters. The number of carbonyl (C=O) groups is 2. The van der Waals surface area contributed by atoms with Gasteiger partial charge >= 0.3 is 0 Å². The van der Waals surface area contributed by atoms with Crippen LogP contribution in [0, 0.1) is 0 Å². The molecule has 0 saturated heterocycles. The minimum atomic E-state index is -0.501. The Morgan fingerprint density at radius 3 is 2.91 bits per heavy atom. The summed E-state index contributed by atoms with van der Waals surface area (Å²) in [5.41, 5.74) is 0. The van der Waals surface area contributed by atoms with Crippen LogP contribution in [-0.2, 0) is 9.59 Å². The topological polar surface area (TPSA) is 34.1 Å². The molecule has 3 heteroatoms. The smallest absolute Gasteiger partial charge is 0.218 e. The van der Waals surface area contributed by atoms with E-state index in [1.807, 2.05) is 17.5 Å². The van der Waals surface area contributed by atoms with Gasteiger partial charge in [0.15, 0.2) is 6.29 Å². The number of carbonyl (C=O) groups excluding carboxylic acids is 2. The Hall–Kier alpha value is -1.22. The summed E-state index contributed by atoms with van der Waals surface area (Å²) in [5.74, 6) is -0.501. The zero-order valence-corrected chi connectivity index (χ0v) is 6.51. The predicted molar refractivity (Wildman–Crippen MR) is 44.4 cm³/mol. The molecule has 0 saturated carbocycles. The third kappa shape index (κ3) is 2.47. The minimum absolute atomic E-state index is 0.296. The van der Waals surface area contributed by atoms with Crippen LogP contribution in [0.4, 0.5) is 0 Å². The number of thiophene rings is 1. The van der Waals surface area contributed by atoms with Crippen molar-refractivity contribution in [1.29, 1.82) is 0 Å². The Balaban J connectivity index is 2.62. The maximum Gasteiger partial charge on any atom is 0.218 e. The fourth-order valence-electron chi connectivity index (χ4n) is 0.590. The number of hydrogen-bond donors (Lipinski definition) is 0. The second-order valence-corrected chi connectivity index (χ2v) is 2.85. The third-order valence-corrected chi connectivity index (χ3v) is 1.91. The van der Waals surface area contributed by atoms with Crippen LogP contribution in [0.1, 0.15) is 4.88 Å². The average molecular weight is 166 g/mol. The van der Waals surface area contributed by atoms with Crippen molar-refractivity contribution in [1.82, 2.24) is 0 Å². The van der Waals surface area contributed by atoms with E-state index in [1.165, 1.54) is 17.4 Å². The van der Waals surface area contributed by atoms with E-state index in [0.717, 1.165) is 4.88 Å². The van der Waals surface area contributed by atoms with Gasteiger partial charge in [0, 0.05) is 4.88 Å². The summed E-state index contributed by atoms with van der Waals surface area (Å²) in [4.78, 5) is 21.3. The molecular formula is C8H6O2S. The number of hydrogen-bond acceptors (Lipinski definition) is 3. The van der Waals surface area contributed by atoms with Gasteiger partial charge in [-0.1, -0.05) is 6.07 Å². The maximum atomic E-state index is 10.5. The molecule has 0 amide bonds. The summed E-state index contributed by atoms with van der Waals surface area (Å²) in [7, 11) is 0. The van der Waals surface area contributed by atoms with Crippen molar-refractivity contribution < 1.29 is 9.59 Å². The number of allylic oxidation sites excluding steroid dienone is 1. The van der Waals surface area contributed by atoms with Gasteiger partial charge in [0.05, 0.1) is 0 Å². The van der Waals surface area contributed by atoms with Gasteiger partial charge < -0.3 is 0 Å². The van der Waals surface area contributed by atoms with E-state index >= 15 is 0 Å². The SMILES string of the molecule is O=CC(=O)/C=C/c1cccs1. The Morgan fingerprint density at radius 2 is 2.36 bits per heavy atom. The largest absolute Gasteiger partial charge is 0.294 e. The Labute approximate surface area is 68.2 Å². The number of rotatable bonds is 3. The molecule has 56 valence electrons. The zero-order chi connectivity index (χ0) is 8.10. The van der Waals surface area contributed by atoms with Crippen molar-refractivity contribution in [2.45, 2.75) is 0 Å². The molecule has 2 nitrogen and oxygen atoms in total. The normalized spacial score (nSPS) is 10.2. The third-order valence-electron chi connectivity index (χ3n) is 1.07. The van der Waals surface area contributed by atoms with Gasteiger partial charge in [-0.2, -0.15) is 0 Å². The molecule has 0 bridgehead atoms. The first-order chi connectivity index (χ1) is 5.33. The molecule has 11 heavy (non-hydrogen) atoms. The number of ketones is 1. The Morgan fingerprint density at radius 1 is 1.55 bits per heavy atom. The van der Waals surface area contributed by atoms with E-state index in [2.05, 4.69) is 0 Å². The first-order valence-electron chi connectivity index (χ1n) is 3.03. The van der Waals surface area contributed by atoms with Crippen LogP contribution in [0.5, 0.6) is 0 Å². The van der Waals surface area contributed by atoms with Crippen LogP contribution in [0.3, 0.4) is 0 Å². The lowest BCUT2D eigenvalue weighted by atomic mass is 10.3. The lowest BCUT2D eigenvalue weighted by Gasteiger charge is -1.78. The van der Waals surface area contributed by atoms with E-state index in [4.69, 9.17) is 0 Å². The highest BCUT2D eigenvalue weighted by Crippen LogP contribution is 2.09. The molecule has 0 aromatic carbocycles. The Bertz CT molecular complexity index is 272. The molecule has 0 aliphatic heterocycles. The second kappa shape index (κ2) is 3.83. The molecule has 0 fully saturated rings. The van der Waals surface area contributed by atoms with Crippen molar-refractivity contribution >= 4 is 29.5 Å². The molecule has 0 aliphatic rings. The standard InChI is InChI=1S/C8H6O2S/c9-6-7(10)3-4-8-2-1-5-11-8/h1-6H/b4-3+. The highest BCUT2D eigenvalue weighted by molar-refractivity contribution is 7.10. The Kier molecular flexibility index (Phi) is 2.74. The summed E-state index contributed by atoms with van der Waals surface area (Å²) in [6.45, 7) is 0. The van der Waals surface area contributed by atoms with E-state index < -0.39 is 5.78 Å². The highest BCUT2D eigenvalue weighted by Gasteiger charge is 1.90. The van der Waals surface area contributed by atoms with Gasteiger partial charge in [-0.05, 0) is 23.6 Å². The molecule has 1 aromatic heterocycles. The van der Waals surface area contributed by atoms with Gasteiger partial charge in [-0.25, -0.2) is 0 Å². The minimum Gasteiger partial charge on any atom is -0.294 e. The lowest BCUT2D eigenvalue weighted by molar-refractivity contribution is -0.126. The van der Waals surface area contributed by atoms with Crippen LogP contribution in [-0.4, -0.2) is 12.1 Å². The molecule has 0 N–H and O–H groups in total. The van der Waals surface area contributed by atoms with Gasteiger partial charge in [-0.3, -0.25) is 9.59 Å². The van der Waals surface area contributed by atoms with Crippen LogP contribution in [0.15, 0.2) is 23.6 Å².